The zero-order valence-electron chi connectivity index (χ0n) is 11.9. The minimum atomic E-state index is 0.158. The fourth-order valence-electron chi connectivity index (χ4n) is 1.78. The highest BCUT2D eigenvalue weighted by Crippen LogP contribution is 2.38. The van der Waals surface area contributed by atoms with Crippen LogP contribution in [0.5, 0.6) is 0 Å². The maximum absolute atomic E-state index is 5.68. The van der Waals surface area contributed by atoms with E-state index in [-0.39, 0.29) is 16.5 Å². The van der Waals surface area contributed by atoms with Crippen molar-refractivity contribution in [2.75, 3.05) is 13.6 Å². The summed E-state index contributed by atoms with van der Waals surface area (Å²) < 4.78 is 0. The molecule has 0 rings (SSSR count). The summed E-state index contributed by atoms with van der Waals surface area (Å²) >= 11 is 0. The molecule has 0 heterocycles. The highest BCUT2D eigenvalue weighted by atomic mass is 15.2. The van der Waals surface area contributed by atoms with Gasteiger partial charge in [0, 0.05) is 11.1 Å². The molecule has 0 aromatic rings. The average molecular weight is 214 g/mol. The van der Waals surface area contributed by atoms with E-state index in [4.69, 9.17) is 5.73 Å². The molecule has 0 saturated heterocycles. The molecule has 0 bridgehead atoms. The van der Waals surface area contributed by atoms with E-state index in [1.165, 1.54) is 0 Å². The smallest absolute Gasteiger partial charge is 0.0203 e. The molecule has 0 aromatic heterocycles. The van der Waals surface area contributed by atoms with Crippen LogP contribution in [-0.2, 0) is 0 Å². The lowest BCUT2D eigenvalue weighted by Gasteiger charge is -2.53. The number of rotatable bonds is 4. The molecule has 0 aliphatic heterocycles. The highest BCUT2D eigenvalue weighted by Gasteiger charge is 2.41. The van der Waals surface area contributed by atoms with Gasteiger partial charge in [-0.15, -0.1) is 0 Å². The predicted molar refractivity (Wildman–Crippen MR) is 69.0 cm³/mol. The summed E-state index contributed by atoms with van der Waals surface area (Å²) in [5.74, 6) is 0. The van der Waals surface area contributed by atoms with Gasteiger partial charge in [0.25, 0.3) is 0 Å². The number of nitrogens with two attached hydrogens (primary N) is 1. The summed E-state index contributed by atoms with van der Waals surface area (Å²) in [6, 6.07) is 0. The fraction of sp³-hybridized carbons (Fsp3) is 1.00. The van der Waals surface area contributed by atoms with Crippen molar-refractivity contribution in [1.82, 2.24) is 4.90 Å². The Morgan fingerprint density at radius 3 is 1.60 bits per heavy atom. The van der Waals surface area contributed by atoms with Crippen LogP contribution in [0.15, 0.2) is 0 Å². The molecular formula is C13H30N2. The SMILES string of the molecule is CN(C(C)(C)CCN)C(C)(C)C(C)(C)C. The molecule has 0 spiro atoms. The molecule has 0 aromatic carbocycles. The van der Waals surface area contributed by atoms with Gasteiger partial charge < -0.3 is 5.73 Å². The van der Waals surface area contributed by atoms with Crippen molar-refractivity contribution in [3.05, 3.63) is 0 Å². The Labute approximate surface area is 96.2 Å². The van der Waals surface area contributed by atoms with Crippen LogP contribution in [0.4, 0.5) is 0 Å². The lowest BCUT2D eigenvalue weighted by Crippen LogP contribution is -2.59. The minimum Gasteiger partial charge on any atom is -0.330 e. The Kier molecular flexibility index (Phi) is 4.40. The molecule has 2 nitrogen and oxygen atoms in total. The Bertz CT molecular complexity index is 199. The fourth-order valence-corrected chi connectivity index (χ4v) is 1.78. The predicted octanol–water partition coefficient (Wildman–Crippen LogP) is 2.87. The lowest BCUT2D eigenvalue weighted by molar-refractivity contribution is -0.0283. The van der Waals surface area contributed by atoms with Crippen LogP contribution < -0.4 is 5.73 Å². The first kappa shape index (κ1) is 14.9. The monoisotopic (exact) mass is 214 g/mol. The molecular weight excluding hydrogens is 184 g/mol. The van der Waals surface area contributed by atoms with Crippen LogP contribution in [0.25, 0.3) is 0 Å². The van der Waals surface area contributed by atoms with Gasteiger partial charge in [0.05, 0.1) is 0 Å². The summed E-state index contributed by atoms with van der Waals surface area (Å²) in [6.45, 7) is 16.8. The molecule has 0 amide bonds. The first-order chi connectivity index (χ1) is 6.47. The van der Waals surface area contributed by atoms with Crippen LogP contribution in [0.3, 0.4) is 0 Å². The van der Waals surface area contributed by atoms with Gasteiger partial charge >= 0.3 is 0 Å². The maximum atomic E-state index is 5.68. The third-order valence-electron chi connectivity index (χ3n) is 4.34. The molecule has 92 valence electrons. The van der Waals surface area contributed by atoms with E-state index < -0.39 is 0 Å². The van der Waals surface area contributed by atoms with Crippen LogP contribution >= 0.6 is 0 Å². The normalized spacial score (nSPS) is 14.8. The Morgan fingerprint density at radius 2 is 1.33 bits per heavy atom. The molecule has 0 unspecified atom stereocenters. The first-order valence-corrected chi connectivity index (χ1v) is 5.91. The van der Waals surface area contributed by atoms with Crippen molar-refractivity contribution in [1.29, 1.82) is 0 Å². The maximum Gasteiger partial charge on any atom is 0.0203 e. The Balaban J connectivity index is 4.91. The van der Waals surface area contributed by atoms with Crippen LogP contribution in [0, 0.1) is 5.41 Å². The number of hydrogen-bond acceptors (Lipinski definition) is 2. The summed E-state index contributed by atoms with van der Waals surface area (Å²) in [6.07, 6.45) is 1.03. The molecule has 0 atom stereocenters. The number of nitrogens with zero attached hydrogens (tertiary/aromatic N) is 1. The van der Waals surface area contributed by atoms with Crippen LogP contribution in [-0.4, -0.2) is 29.6 Å². The van der Waals surface area contributed by atoms with Gasteiger partial charge in [-0.05, 0) is 53.1 Å². The van der Waals surface area contributed by atoms with E-state index in [1.807, 2.05) is 0 Å². The van der Waals surface area contributed by atoms with E-state index in [0.717, 1.165) is 13.0 Å². The van der Waals surface area contributed by atoms with Crippen molar-refractivity contribution < 1.29 is 0 Å². The lowest BCUT2D eigenvalue weighted by atomic mass is 9.73. The van der Waals surface area contributed by atoms with Gasteiger partial charge in [-0.2, -0.15) is 0 Å². The minimum absolute atomic E-state index is 0.158. The second-order valence-electron chi connectivity index (χ2n) is 6.72. The second-order valence-corrected chi connectivity index (χ2v) is 6.72. The van der Waals surface area contributed by atoms with E-state index >= 15 is 0 Å². The van der Waals surface area contributed by atoms with Crippen molar-refractivity contribution in [2.24, 2.45) is 11.1 Å². The van der Waals surface area contributed by atoms with E-state index in [1.54, 1.807) is 0 Å². The molecule has 0 aliphatic rings. The zero-order valence-corrected chi connectivity index (χ0v) is 11.9. The van der Waals surface area contributed by atoms with Crippen LogP contribution in [0.2, 0.25) is 0 Å². The van der Waals surface area contributed by atoms with Gasteiger partial charge in [-0.1, -0.05) is 20.8 Å². The van der Waals surface area contributed by atoms with Crippen molar-refractivity contribution in [3.8, 4) is 0 Å². The molecule has 0 saturated carbocycles. The summed E-state index contributed by atoms with van der Waals surface area (Å²) in [4.78, 5) is 2.47. The van der Waals surface area contributed by atoms with Gasteiger partial charge in [-0.25, -0.2) is 0 Å². The van der Waals surface area contributed by atoms with Gasteiger partial charge in [-0.3, -0.25) is 4.90 Å². The molecule has 0 fully saturated rings. The number of hydrogen-bond donors (Lipinski definition) is 1. The molecule has 0 aliphatic carbocycles. The topological polar surface area (TPSA) is 29.3 Å². The van der Waals surface area contributed by atoms with Crippen LogP contribution in [0.1, 0.15) is 54.9 Å². The molecule has 15 heavy (non-hydrogen) atoms. The summed E-state index contributed by atoms with van der Waals surface area (Å²) in [5.41, 5.74) is 6.25. The Morgan fingerprint density at radius 1 is 0.933 bits per heavy atom. The summed E-state index contributed by atoms with van der Waals surface area (Å²) in [5, 5.41) is 0. The van der Waals surface area contributed by atoms with Crippen molar-refractivity contribution in [3.63, 3.8) is 0 Å². The quantitative estimate of drug-likeness (QED) is 0.779. The van der Waals surface area contributed by atoms with E-state index in [0.29, 0.717) is 0 Å². The van der Waals surface area contributed by atoms with E-state index in [2.05, 4.69) is 60.4 Å². The highest BCUT2D eigenvalue weighted by molar-refractivity contribution is 4.97. The largest absolute Gasteiger partial charge is 0.330 e. The summed E-state index contributed by atoms with van der Waals surface area (Å²) in [7, 11) is 2.21. The van der Waals surface area contributed by atoms with E-state index in [9.17, 15) is 0 Å². The van der Waals surface area contributed by atoms with Gasteiger partial charge in [0.15, 0.2) is 0 Å². The Hall–Kier alpha value is -0.0800. The standard InChI is InChI=1S/C13H30N2/c1-11(2,3)13(6,7)15(8)12(4,5)9-10-14/h9-10,14H2,1-8H3. The zero-order chi connectivity index (χ0) is 12.5. The average Bonchev–Trinajstić information content (AvgIpc) is 2.00. The molecule has 2 heteroatoms. The second kappa shape index (κ2) is 4.42. The molecule has 2 N–H and O–H groups in total. The third kappa shape index (κ3) is 3.18. The van der Waals surface area contributed by atoms with Crippen molar-refractivity contribution >= 4 is 0 Å². The third-order valence-corrected chi connectivity index (χ3v) is 4.34. The van der Waals surface area contributed by atoms with Crippen molar-refractivity contribution in [2.45, 2.75) is 66.0 Å². The molecule has 0 radical (unpaired) electrons. The van der Waals surface area contributed by atoms with Gasteiger partial charge in [0.1, 0.15) is 0 Å². The van der Waals surface area contributed by atoms with Gasteiger partial charge in [0.2, 0.25) is 0 Å². The first-order valence-electron chi connectivity index (χ1n) is 5.91.